The normalized spacial score (nSPS) is 27.7. The van der Waals surface area contributed by atoms with Gasteiger partial charge >= 0.3 is 0 Å². The van der Waals surface area contributed by atoms with Gasteiger partial charge in [0.05, 0.1) is 18.3 Å². The summed E-state index contributed by atoms with van der Waals surface area (Å²) in [6.07, 6.45) is 1.31. The molecule has 0 aliphatic carbocycles. The Morgan fingerprint density at radius 2 is 2.22 bits per heavy atom. The molecule has 0 aromatic heterocycles. The Morgan fingerprint density at radius 3 is 3.00 bits per heavy atom. The number of hydrogen-bond acceptors (Lipinski definition) is 4. The van der Waals surface area contributed by atoms with Crippen LogP contribution >= 0.6 is 0 Å². The molecule has 126 valence electrons. The Kier molecular flexibility index (Phi) is 4.89. The lowest BCUT2D eigenvalue weighted by Gasteiger charge is -2.34. The molecule has 2 aliphatic rings. The zero-order chi connectivity index (χ0) is 16.4. The molecular weight excluding hydrogens is 306 g/mol. The number of morpholine rings is 1. The van der Waals surface area contributed by atoms with Crippen molar-refractivity contribution in [3.63, 3.8) is 0 Å². The van der Waals surface area contributed by atoms with Gasteiger partial charge in [0.2, 0.25) is 0 Å². The third-order valence-corrected chi connectivity index (χ3v) is 4.45. The number of rotatable bonds is 4. The first-order chi connectivity index (χ1) is 11.1. The van der Waals surface area contributed by atoms with Crippen LogP contribution in [-0.4, -0.2) is 60.4 Å². The SMILES string of the molecule is O=C(N[C@H]1C[C@H]2CO[C@@H](CCO)CN2C1)c1cc(F)ccc1F. The molecule has 2 fully saturated rings. The van der Waals surface area contributed by atoms with E-state index in [1.165, 1.54) is 0 Å². The second-order valence-electron chi connectivity index (χ2n) is 6.11. The molecule has 2 aliphatic heterocycles. The van der Waals surface area contributed by atoms with E-state index in [2.05, 4.69) is 10.2 Å². The van der Waals surface area contributed by atoms with E-state index in [9.17, 15) is 13.6 Å². The van der Waals surface area contributed by atoms with Crippen molar-refractivity contribution in [3.05, 3.63) is 35.4 Å². The summed E-state index contributed by atoms with van der Waals surface area (Å²) in [6, 6.07) is 2.95. The molecule has 0 spiro atoms. The third-order valence-electron chi connectivity index (χ3n) is 4.45. The fourth-order valence-electron chi connectivity index (χ4n) is 3.30. The van der Waals surface area contributed by atoms with Gasteiger partial charge in [0.1, 0.15) is 11.6 Å². The highest BCUT2D eigenvalue weighted by atomic mass is 19.1. The molecule has 3 atom stereocenters. The summed E-state index contributed by atoms with van der Waals surface area (Å²) in [5.74, 6) is -1.97. The molecule has 5 nitrogen and oxygen atoms in total. The smallest absolute Gasteiger partial charge is 0.254 e. The number of carbonyl (C=O) groups is 1. The van der Waals surface area contributed by atoms with Crippen LogP contribution in [0.4, 0.5) is 8.78 Å². The van der Waals surface area contributed by atoms with Crippen molar-refractivity contribution in [2.75, 3.05) is 26.3 Å². The molecule has 0 saturated carbocycles. The monoisotopic (exact) mass is 326 g/mol. The van der Waals surface area contributed by atoms with Gasteiger partial charge in [-0.2, -0.15) is 0 Å². The van der Waals surface area contributed by atoms with Crippen molar-refractivity contribution in [3.8, 4) is 0 Å². The number of benzene rings is 1. The summed E-state index contributed by atoms with van der Waals surface area (Å²) in [6.45, 7) is 2.01. The van der Waals surface area contributed by atoms with Gasteiger partial charge in [-0.05, 0) is 31.0 Å². The molecule has 1 aromatic carbocycles. The Balaban J connectivity index is 1.59. The van der Waals surface area contributed by atoms with E-state index in [0.29, 0.717) is 32.5 Å². The fraction of sp³-hybridized carbons (Fsp3) is 0.562. The van der Waals surface area contributed by atoms with Crippen LogP contribution < -0.4 is 5.32 Å². The van der Waals surface area contributed by atoms with Crippen LogP contribution in [0.5, 0.6) is 0 Å². The van der Waals surface area contributed by atoms with Crippen molar-refractivity contribution >= 4 is 5.91 Å². The van der Waals surface area contributed by atoms with Gasteiger partial charge in [0, 0.05) is 31.8 Å². The lowest BCUT2D eigenvalue weighted by molar-refractivity contribution is -0.0566. The van der Waals surface area contributed by atoms with Crippen LogP contribution in [0.15, 0.2) is 18.2 Å². The van der Waals surface area contributed by atoms with Gasteiger partial charge in [0.15, 0.2) is 0 Å². The molecule has 2 N–H and O–H groups in total. The predicted octanol–water partition coefficient (Wildman–Crippen LogP) is 0.919. The summed E-state index contributed by atoms with van der Waals surface area (Å²) < 4.78 is 32.5. The number of nitrogens with one attached hydrogen (secondary N) is 1. The lowest BCUT2D eigenvalue weighted by Crippen LogP contribution is -2.46. The van der Waals surface area contributed by atoms with Crippen LogP contribution in [0.2, 0.25) is 0 Å². The Bertz CT molecular complexity index is 584. The minimum Gasteiger partial charge on any atom is -0.396 e. The van der Waals surface area contributed by atoms with Crippen molar-refractivity contribution in [2.24, 2.45) is 0 Å². The lowest BCUT2D eigenvalue weighted by atomic mass is 10.1. The number of aliphatic hydroxyl groups excluding tert-OH is 1. The summed E-state index contributed by atoms with van der Waals surface area (Å²) in [7, 11) is 0. The zero-order valence-corrected chi connectivity index (χ0v) is 12.7. The summed E-state index contributed by atoms with van der Waals surface area (Å²) >= 11 is 0. The topological polar surface area (TPSA) is 61.8 Å². The minimum absolute atomic E-state index is 0.00589. The van der Waals surface area contributed by atoms with Crippen molar-refractivity contribution < 1.29 is 23.4 Å². The van der Waals surface area contributed by atoms with Gasteiger partial charge in [-0.25, -0.2) is 8.78 Å². The molecule has 7 heteroatoms. The third kappa shape index (κ3) is 3.68. The molecular formula is C16H20F2N2O3. The Hall–Kier alpha value is -1.57. The second-order valence-corrected chi connectivity index (χ2v) is 6.11. The summed E-state index contributed by atoms with van der Waals surface area (Å²) in [5.41, 5.74) is -0.274. The summed E-state index contributed by atoms with van der Waals surface area (Å²) in [5, 5.41) is 11.8. The number of aliphatic hydroxyl groups is 1. The van der Waals surface area contributed by atoms with E-state index in [-0.39, 0.29) is 30.4 Å². The predicted molar refractivity (Wildman–Crippen MR) is 79.0 cm³/mol. The average molecular weight is 326 g/mol. The number of halogens is 2. The fourth-order valence-corrected chi connectivity index (χ4v) is 3.30. The molecule has 0 bridgehead atoms. The summed E-state index contributed by atoms with van der Waals surface area (Å²) in [4.78, 5) is 14.4. The van der Waals surface area contributed by atoms with Crippen LogP contribution in [0.25, 0.3) is 0 Å². The number of amides is 1. The molecule has 2 heterocycles. The van der Waals surface area contributed by atoms with Crippen molar-refractivity contribution in [1.29, 1.82) is 0 Å². The van der Waals surface area contributed by atoms with E-state index in [4.69, 9.17) is 9.84 Å². The maximum absolute atomic E-state index is 13.6. The maximum Gasteiger partial charge on any atom is 0.254 e. The van der Waals surface area contributed by atoms with E-state index >= 15 is 0 Å². The van der Waals surface area contributed by atoms with Gasteiger partial charge in [-0.3, -0.25) is 9.69 Å². The molecule has 0 unspecified atom stereocenters. The minimum atomic E-state index is -0.731. The number of ether oxygens (including phenoxy) is 1. The van der Waals surface area contributed by atoms with Gasteiger partial charge in [-0.15, -0.1) is 0 Å². The van der Waals surface area contributed by atoms with Crippen LogP contribution in [0.3, 0.4) is 0 Å². The van der Waals surface area contributed by atoms with Crippen LogP contribution in [0.1, 0.15) is 23.2 Å². The van der Waals surface area contributed by atoms with E-state index in [1.807, 2.05) is 0 Å². The van der Waals surface area contributed by atoms with E-state index in [1.54, 1.807) is 0 Å². The highest BCUT2D eigenvalue weighted by Gasteiger charge is 2.37. The average Bonchev–Trinajstić information content (AvgIpc) is 2.91. The molecule has 0 radical (unpaired) electrons. The first-order valence-electron chi connectivity index (χ1n) is 7.79. The van der Waals surface area contributed by atoms with Gasteiger partial charge < -0.3 is 15.2 Å². The van der Waals surface area contributed by atoms with E-state index in [0.717, 1.165) is 18.2 Å². The molecule has 2 saturated heterocycles. The molecule has 1 amide bonds. The molecule has 23 heavy (non-hydrogen) atoms. The highest BCUT2D eigenvalue weighted by molar-refractivity contribution is 5.94. The number of hydrogen-bond donors (Lipinski definition) is 2. The second kappa shape index (κ2) is 6.90. The first kappa shape index (κ1) is 16.3. The number of fused-ring (bicyclic) bond motifs is 1. The highest BCUT2D eigenvalue weighted by Crippen LogP contribution is 2.24. The number of nitrogens with zero attached hydrogens (tertiary/aromatic N) is 1. The van der Waals surface area contributed by atoms with Crippen LogP contribution in [0, 0.1) is 11.6 Å². The number of carbonyl (C=O) groups excluding carboxylic acids is 1. The van der Waals surface area contributed by atoms with E-state index < -0.39 is 17.5 Å². The van der Waals surface area contributed by atoms with Gasteiger partial charge in [-0.1, -0.05) is 0 Å². The largest absolute Gasteiger partial charge is 0.396 e. The van der Waals surface area contributed by atoms with Crippen molar-refractivity contribution in [2.45, 2.75) is 31.0 Å². The molecule has 1 aromatic rings. The standard InChI is InChI=1S/C16H20F2N2O3/c17-10-1-2-15(18)14(5-10)16(22)19-11-6-12-9-23-13(3-4-21)8-20(12)7-11/h1-2,5,11-13,21H,3-4,6-9H2,(H,19,22)/t11-,12-,13-/m0/s1. The molecule has 3 rings (SSSR count). The quantitative estimate of drug-likeness (QED) is 0.864. The van der Waals surface area contributed by atoms with Crippen LogP contribution in [-0.2, 0) is 4.74 Å². The Morgan fingerprint density at radius 1 is 1.39 bits per heavy atom. The Labute approximate surface area is 133 Å². The van der Waals surface area contributed by atoms with Crippen molar-refractivity contribution in [1.82, 2.24) is 10.2 Å². The zero-order valence-electron chi connectivity index (χ0n) is 12.7. The maximum atomic E-state index is 13.6. The van der Waals surface area contributed by atoms with Gasteiger partial charge in [0.25, 0.3) is 5.91 Å². The first-order valence-corrected chi connectivity index (χ1v) is 7.79.